The summed E-state index contributed by atoms with van der Waals surface area (Å²) in [5, 5.41) is 99.2. The summed E-state index contributed by atoms with van der Waals surface area (Å²) >= 11 is 0. The molecule has 0 aromatic heterocycles. The first-order chi connectivity index (χ1) is 37.0. The lowest BCUT2D eigenvalue weighted by Crippen LogP contribution is -2.70. The number of aliphatic hydroxyl groups is 7. The monoisotopic (exact) mass is 1300 g/mol. The number of carboxylic acids is 2. The van der Waals surface area contributed by atoms with E-state index in [0.29, 0.717) is 0 Å². The summed E-state index contributed by atoms with van der Waals surface area (Å²) in [6.45, 7) is -3.55. The summed E-state index contributed by atoms with van der Waals surface area (Å²) in [5.74, 6) is -5.45. The highest BCUT2D eigenvalue weighted by Gasteiger charge is 2.60. The zero-order valence-electron chi connectivity index (χ0n) is 40.0. The molecule has 5 aliphatic rings. The Morgan fingerprint density at radius 2 is 0.852 bits per heavy atom. The number of aliphatic hydroxyl groups excluding tert-OH is 7. The van der Waals surface area contributed by atoms with Gasteiger partial charge in [0.25, 0.3) is 0 Å². The number of carbonyl (C=O) groups is 3. The van der Waals surface area contributed by atoms with Crippen LogP contribution in [0.2, 0.25) is 0 Å². The predicted molar refractivity (Wildman–Crippen MR) is 235 cm³/mol. The molecule has 81 heavy (non-hydrogen) atoms. The average molecular weight is 1300 g/mol. The minimum Gasteiger partial charge on any atom is -0.479 e. The van der Waals surface area contributed by atoms with Crippen molar-refractivity contribution < 1.29 is 189 Å². The molecule has 5 heterocycles. The van der Waals surface area contributed by atoms with Crippen LogP contribution in [-0.4, -0.2) is 302 Å². The first-order valence-corrected chi connectivity index (χ1v) is 28.9. The lowest BCUT2D eigenvalue weighted by molar-refractivity contribution is -0.372. The second-order valence-electron chi connectivity index (χ2n) is 17.5. The Labute approximate surface area is 454 Å². The minimum absolute atomic E-state index is 0.849. The van der Waals surface area contributed by atoms with E-state index in [-0.39, 0.29) is 0 Å². The van der Waals surface area contributed by atoms with Gasteiger partial charge in [0.15, 0.2) is 49.8 Å². The number of hydrogen-bond acceptors (Lipinski definition) is 36. The predicted octanol–water partition coefficient (Wildman–Crippen LogP) is -12.5. The Balaban J connectivity index is 1.49. The van der Waals surface area contributed by atoms with Crippen LogP contribution in [0.15, 0.2) is 0 Å². The van der Waals surface area contributed by atoms with Gasteiger partial charge in [-0.05, 0) is 0 Å². The molecular weight excluding hydrogens is 1240 g/mol. The SMILES string of the molecule is CC(=O)N[C@H]1[C@@H](O[C@H]2[C@H](O)[C@@H](O)[C@H](O[C@H]3[C@H](OS(=O)(=O)O)[C@@H](N)[C@@H](O[C@H]4[C@H](O)[C@@H](OS(=O)(=O)O)[C@H](O[C@H]5[C@H](O)[C@@H](N)[C@@H](O)O[C@@H]5COS(=O)(=O)O)O[C@H]4C(=O)O)O[C@@H]3COS(=O)(=O)O)O[C@@H]2C(=O)O)O[C@H](COS(=O)(=O)O)[C@@H](O)[C@@H]1O. The molecule has 0 unspecified atom stereocenters. The van der Waals surface area contributed by atoms with Crippen molar-refractivity contribution in [2.75, 3.05) is 19.8 Å². The van der Waals surface area contributed by atoms with E-state index in [4.69, 9.17) is 63.2 Å². The molecule has 5 rings (SSSR count). The molecule has 0 aliphatic carbocycles. The highest BCUT2D eigenvalue weighted by atomic mass is 32.3. The van der Waals surface area contributed by atoms with E-state index in [1.54, 1.807) is 0 Å². The van der Waals surface area contributed by atoms with Gasteiger partial charge in [0.05, 0.1) is 31.9 Å². The molecule has 0 aromatic carbocycles. The highest BCUT2D eigenvalue weighted by molar-refractivity contribution is 7.81. The Bertz CT molecular complexity index is 2780. The Morgan fingerprint density at radius 3 is 1.33 bits per heavy atom. The van der Waals surface area contributed by atoms with E-state index >= 15 is 0 Å². The van der Waals surface area contributed by atoms with Gasteiger partial charge in [-0.2, -0.15) is 42.1 Å². The number of carbonyl (C=O) groups excluding carboxylic acids is 1. The standard InChI is InChI=1S/C32H53N3O41S5/c1-5(36)35-11-14(39)12(37)6(2-63-77(48,49)50)67-30(11)72-21-15(40)16(41)31(73-24(21)26(43)44)70-19-8(4-65-79(54,55)56)68-29(10(34)20(19)75-80(57,58)59)71-22-17(42)23(76-81(60,61)62)32(74-25(22)27(45)46)69-18-7(3-64-78(51,52)53)66-28(47)9(33)13(18)38/h6-25,28-32,37-42,47H,2-4,33-34H2,1H3,(H,35,36)(H,43,44)(H,45,46)(H,48,49,50)(H,51,52,53)(H,54,55,56)(H,57,58,59)(H,60,61,62)/t6-,7-,8-,9-,10-,11-,12-,13-,14-,15-,16-,17+,18-,19-,20-,21+,22+,23-,24+,25-,28+,29-,30-,31-,32-/m1/s1. The maximum atomic E-state index is 12.8. The molecule has 0 radical (unpaired) electrons. The van der Waals surface area contributed by atoms with Gasteiger partial charge in [0.1, 0.15) is 91.5 Å². The van der Waals surface area contributed by atoms with Crippen molar-refractivity contribution in [3.63, 3.8) is 0 Å². The molecule has 5 fully saturated rings. The number of ether oxygens (including phenoxy) is 9. The third kappa shape index (κ3) is 18.5. The van der Waals surface area contributed by atoms with E-state index in [2.05, 4.69) is 26.2 Å². The third-order valence-corrected chi connectivity index (χ3v) is 14.1. The van der Waals surface area contributed by atoms with Crippen molar-refractivity contribution in [2.24, 2.45) is 11.5 Å². The average Bonchev–Trinajstić information content (AvgIpc) is 3.31. The zero-order chi connectivity index (χ0) is 61.4. The van der Waals surface area contributed by atoms with E-state index in [1.807, 2.05) is 0 Å². The largest absolute Gasteiger partial charge is 0.479 e. The van der Waals surface area contributed by atoms with E-state index < -0.39 is 243 Å². The van der Waals surface area contributed by atoms with Gasteiger partial charge in [-0.25, -0.2) is 30.5 Å². The Hall–Kier alpha value is -2.96. The molecule has 0 saturated carbocycles. The molecule has 1 amide bonds. The van der Waals surface area contributed by atoms with E-state index in [9.17, 15) is 116 Å². The summed E-state index contributed by atoms with van der Waals surface area (Å²) in [4.78, 5) is 37.6. The van der Waals surface area contributed by atoms with Crippen LogP contribution in [0.3, 0.4) is 0 Å². The number of aliphatic carboxylic acids is 2. The van der Waals surface area contributed by atoms with Gasteiger partial charge in [0.2, 0.25) is 5.91 Å². The number of nitrogens with two attached hydrogens (primary N) is 2. The summed E-state index contributed by atoms with van der Waals surface area (Å²) in [5.41, 5.74) is 11.9. The maximum Gasteiger partial charge on any atom is 0.397 e. The fourth-order valence-electron chi connectivity index (χ4n) is 8.35. The number of rotatable bonds is 24. The fourth-order valence-corrected chi connectivity index (χ4v) is 10.3. The molecule has 0 bridgehead atoms. The van der Waals surface area contributed by atoms with Crippen molar-refractivity contribution in [1.29, 1.82) is 0 Å². The lowest BCUT2D eigenvalue weighted by Gasteiger charge is -2.50. The summed E-state index contributed by atoms with van der Waals surface area (Å²) in [7, 11) is -28.2. The number of hydrogen-bond donors (Lipinski definition) is 17. The van der Waals surface area contributed by atoms with Crippen molar-refractivity contribution in [3.8, 4) is 0 Å². The van der Waals surface area contributed by atoms with Gasteiger partial charge < -0.3 is 105 Å². The molecule has 49 heteroatoms. The Kier molecular flexibility index (Phi) is 22.7. The maximum absolute atomic E-state index is 12.8. The molecule has 19 N–H and O–H groups in total. The zero-order valence-corrected chi connectivity index (χ0v) is 44.1. The summed E-state index contributed by atoms with van der Waals surface area (Å²) < 4.78 is 235. The molecule has 0 aromatic rings. The smallest absolute Gasteiger partial charge is 0.397 e. The van der Waals surface area contributed by atoms with Gasteiger partial charge >= 0.3 is 63.9 Å². The number of nitrogens with one attached hydrogen (secondary N) is 1. The van der Waals surface area contributed by atoms with Crippen LogP contribution >= 0.6 is 0 Å². The van der Waals surface area contributed by atoms with Gasteiger partial charge in [-0.15, -0.1) is 0 Å². The van der Waals surface area contributed by atoms with E-state index in [0.717, 1.165) is 6.92 Å². The van der Waals surface area contributed by atoms with Crippen LogP contribution in [0.5, 0.6) is 0 Å². The van der Waals surface area contributed by atoms with Crippen molar-refractivity contribution >= 4 is 69.8 Å². The molecule has 5 aliphatic heterocycles. The number of amides is 1. The van der Waals surface area contributed by atoms with Crippen molar-refractivity contribution in [3.05, 3.63) is 0 Å². The van der Waals surface area contributed by atoms with Gasteiger partial charge in [0, 0.05) is 6.92 Å². The minimum atomic E-state index is -5.98. The normalized spacial score (nSPS) is 41.2. The molecule has 44 nitrogen and oxygen atoms in total. The topological polar surface area (TPSA) is 698 Å². The molecule has 472 valence electrons. The summed E-state index contributed by atoms with van der Waals surface area (Å²) in [6, 6.07) is -6.45. The number of carboxylic acid groups (broad SMARTS) is 2. The Morgan fingerprint density at radius 1 is 0.432 bits per heavy atom. The molecule has 25 atom stereocenters. The van der Waals surface area contributed by atoms with Crippen LogP contribution < -0.4 is 16.8 Å². The second-order valence-corrected chi connectivity index (χ2v) is 22.9. The van der Waals surface area contributed by atoms with Crippen LogP contribution in [0.1, 0.15) is 6.92 Å². The molecular formula is C32H53N3O41S5. The van der Waals surface area contributed by atoms with Crippen LogP contribution in [0, 0.1) is 0 Å². The van der Waals surface area contributed by atoms with Gasteiger partial charge in [-0.3, -0.25) is 27.6 Å². The fraction of sp³-hybridized carbons (Fsp3) is 0.906. The quantitative estimate of drug-likeness (QED) is 0.0399. The highest BCUT2D eigenvalue weighted by Crippen LogP contribution is 2.38. The lowest BCUT2D eigenvalue weighted by atomic mass is 9.94. The van der Waals surface area contributed by atoms with Crippen molar-refractivity contribution in [1.82, 2.24) is 5.32 Å². The first kappa shape index (κ1) is 68.8. The van der Waals surface area contributed by atoms with Crippen LogP contribution in [-0.2, 0) is 130 Å². The van der Waals surface area contributed by atoms with Crippen LogP contribution in [0.25, 0.3) is 0 Å². The van der Waals surface area contributed by atoms with Crippen molar-refractivity contribution in [2.45, 2.75) is 160 Å². The molecule has 0 spiro atoms. The summed E-state index contributed by atoms with van der Waals surface area (Å²) in [6.07, 6.45) is -56.1. The van der Waals surface area contributed by atoms with Crippen LogP contribution in [0.4, 0.5) is 0 Å². The second kappa shape index (κ2) is 26.8. The first-order valence-electron chi connectivity index (χ1n) is 22.0. The van der Waals surface area contributed by atoms with E-state index in [1.165, 1.54) is 0 Å². The molecule has 5 saturated heterocycles. The van der Waals surface area contributed by atoms with Gasteiger partial charge in [-0.1, -0.05) is 0 Å². The third-order valence-electron chi connectivity index (χ3n) is 11.8.